The Bertz CT molecular complexity index is 578. The second-order valence-electron chi connectivity index (χ2n) is 5.16. The monoisotopic (exact) mass is 297 g/mol. The van der Waals surface area contributed by atoms with Gasteiger partial charge in [0.25, 0.3) is 5.19 Å². The average molecular weight is 298 g/mol. The van der Waals surface area contributed by atoms with Gasteiger partial charge in [0.05, 0.1) is 0 Å². The third kappa shape index (κ3) is 3.23. The Labute approximate surface area is 121 Å². The quantitative estimate of drug-likeness (QED) is 0.937. The molecule has 0 saturated carbocycles. The van der Waals surface area contributed by atoms with E-state index in [-0.39, 0.29) is 5.41 Å². The molecule has 102 valence electrons. The highest BCUT2D eigenvalue weighted by molar-refractivity contribution is 7.07. The number of ether oxygens (including phenoxy) is 1. The number of rotatable bonds is 3. The van der Waals surface area contributed by atoms with Gasteiger partial charge in [-0.3, -0.25) is 0 Å². The molecule has 1 heterocycles. The molecule has 1 aromatic heterocycles. The van der Waals surface area contributed by atoms with Crippen LogP contribution >= 0.6 is 23.1 Å². The maximum Gasteiger partial charge on any atom is 0.298 e. The predicted octanol–water partition coefficient (Wildman–Crippen LogP) is 3.74. The summed E-state index contributed by atoms with van der Waals surface area (Å²) in [5.74, 6) is 1.40. The molecule has 0 amide bonds. The van der Waals surface area contributed by atoms with Gasteiger partial charge in [-0.05, 0) is 12.1 Å². The van der Waals surface area contributed by atoms with Crippen LogP contribution < -0.4 is 10.5 Å². The average Bonchev–Trinajstić information content (AvgIpc) is 2.77. The van der Waals surface area contributed by atoms with Crippen LogP contribution in [0.4, 0.5) is 0 Å². The Morgan fingerprint density at radius 3 is 2.68 bits per heavy atom. The summed E-state index contributed by atoms with van der Waals surface area (Å²) >= 11 is 7.31. The number of hydrogen-bond acceptors (Lipinski definition) is 5. The number of benzene rings is 1. The molecule has 0 unspecified atom stereocenters. The molecule has 6 heteroatoms. The molecule has 4 nitrogen and oxygen atoms in total. The van der Waals surface area contributed by atoms with Crippen molar-refractivity contribution in [3.8, 4) is 10.9 Å². The molecule has 2 aromatic rings. The van der Waals surface area contributed by atoms with Gasteiger partial charge in [0, 0.05) is 34.1 Å². The van der Waals surface area contributed by atoms with Gasteiger partial charge in [0.2, 0.25) is 0 Å². The van der Waals surface area contributed by atoms with Gasteiger partial charge in [-0.15, -0.1) is 0 Å². The molecule has 0 aliphatic rings. The first kappa shape index (κ1) is 14.2. The molecule has 0 spiro atoms. The number of halogens is 1. The summed E-state index contributed by atoms with van der Waals surface area (Å²) in [6, 6.07) is 5.44. The van der Waals surface area contributed by atoms with E-state index in [1.165, 1.54) is 11.5 Å². The Morgan fingerprint density at radius 2 is 2.11 bits per heavy atom. The van der Waals surface area contributed by atoms with E-state index in [9.17, 15) is 0 Å². The maximum atomic E-state index is 6.08. The first-order chi connectivity index (χ1) is 8.91. The molecule has 0 saturated heterocycles. The van der Waals surface area contributed by atoms with Crippen molar-refractivity contribution in [2.45, 2.75) is 32.7 Å². The second kappa shape index (κ2) is 5.45. The number of nitrogens with zero attached hydrogens (tertiary/aromatic N) is 2. The Balaban J connectivity index is 2.27. The summed E-state index contributed by atoms with van der Waals surface area (Å²) in [7, 11) is 0. The number of aromatic nitrogens is 2. The molecule has 1 aromatic carbocycles. The van der Waals surface area contributed by atoms with Crippen LogP contribution in [0.2, 0.25) is 5.02 Å². The van der Waals surface area contributed by atoms with Crippen LogP contribution in [0.3, 0.4) is 0 Å². The topological polar surface area (TPSA) is 61.0 Å². The molecule has 19 heavy (non-hydrogen) atoms. The summed E-state index contributed by atoms with van der Waals surface area (Å²) in [6.07, 6.45) is 0. The van der Waals surface area contributed by atoms with Crippen LogP contribution in [0, 0.1) is 0 Å². The van der Waals surface area contributed by atoms with Gasteiger partial charge in [0.15, 0.2) is 5.82 Å². The lowest BCUT2D eigenvalue weighted by molar-refractivity contribution is 0.463. The van der Waals surface area contributed by atoms with Crippen molar-refractivity contribution in [3.63, 3.8) is 0 Å². The van der Waals surface area contributed by atoms with Crippen molar-refractivity contribution in [3.05, 3.63) is 34.6 Å². The van der Waals surface area contributed by atoms with Crippen LogP contribution in [-0.4, -0.2) is 9.36 Å². The standard InChI is InChI=1S/C13H16ClN3OS/c1-13(2,3)11-16-12(19-17-11)18-10-6-4-5-9(14)8(10)7-15/h4-6H,7,15H2,1-3H3. The van der Waals surface area contributed by atoms with E-state index in [2.05, 4.69) is 30.1 Å². The minimum absolute atomic E-state index is 0.0941. The van der Waals surface area contributed by atoms with E-state index >= 15 is 0 Å². The first-order valence-corrected chi connectivity index (χ1v) is 7.06. The van der Waals surface area contributed by atoms with Crippen molar-refractivity contribution in [1.29, 1.82) is 0 Å². The van der Waals surface area contributed by atoms with E-state index in [0.29, 0.717) is 22.5 Å². The van der Waals surface area contributed by atoms with Gasteiger partial charge in [-0.1, -0.05) is 38.4 Å². The molecule has 0 radical (unpaired) electrons. The Morgan fingerprint density at radius 1 is 1.37 bits per heavy atom. The summed E-state index contributed by atoms with van der Waals surface area (Å²) in [6.45, 7) is 6.50. The fourth-order valence-electron chi connectivity index (χ4n) is 1.48. The molecule has 0 aliphatic heterocycles. The molecule has 2 N–H and O–H groups in total. The van der Waals surface area contributed by atoms with Gasteiger partial charge in [-0.25, -0.2) is 0 Å². The third-order valence-electron chi connectivity index (χ3n) is 2.56. The van der Waals surface area contributed by atoms with E-state index < -0.39 is 0 Å². The molecular formula is C13H16ClN3OS. The first-order valence-electron chi connectivity index (χ1n) is 5.91. The molecule has 0 atom stereocenters. The van der Waals surface area contributed by atoms with Crippen molar-refractivity contribution >= 4 is 23.1 Å². The zero-order valence-electron chi connectivity index (χ0n) is 11.1. The molecular weight excluding hydrogens is 282 g/mol. The van der Waals surface area contributed by atoms with E-state index in [4.69, 9.17) is 22.1 Å². The van der Waals surface area contributed by atoms with Gasteiger partial charge in [0.1, 0.15) is 5.75 Å². The van der Waals surface area contributed by atoms with Gasteiger partial charge < -0.3 is 10.5 Å². The number of hydrogen-bond donors (Lipinski definition) is 1. The van der Waals surface area contributed by atoms with Gasteiger partial charge in [-0.2, -0.15) is 9.36 Å². The molecule has 2 rings (SSSR count). The van der Waals surface area contributed by atoms with Crippen molar-refractivity contribution < 1.29 is 4.74 Å². The van der Waals surface area contributed by atoms with Crippen molar-refractivity contribution in [2.75, 3.05) is 0 Å². The van der Waals surface area contributed by atoms with Crippen LogP contribution in [0.25, 0.3) is 0 Å². The number of nitrogens with two attached hydrogens (primary N) is 1. The smallest absolute Gasteiger partial charge is 0.298 e. The highest BCUT2D eigenvalue weighted by atomic mass is 35.5. The largest absolute Gasteiger partial charge is 0.429 e. The van der Waals surface area contributed by atoms with E-state index in [0.717, 1.165) is 11.4 Å². The normalized spacial score (nSPS) is 11.6. The SMILES string of the molecule is CC(C)(C)c1nsc(Oc2cccc(Cl)c2CN)n1. The molecule has 0 bridgehead atoms. The zero-order chi connectivity index (χ0) is 14.0. The predicted molar refractivity (Wildman–Crippen MR) is 78.0 cm³/mol. The Hall–Kier alpha value is -1.17. The lowest BCUT2D eigenvalue weighted by atomic mass is 9.96. The summed E-state index contributed by atoms with van der Waals surface area (Å²) < 4.78 is 10.0. The van der Waals surface area contributed by atoms with E-state index in [1.807, 2.05) is 12.1 Å². The summed E-state index contributed by atoms with van der Waals surface area (Å²) in [5.41, 5.74) is 6.36. The maximum absolute atomic E-state index is 6.08. The minimum atomic E-state index is -0.0941. The minimum Gasteiger partial charge on any atom is -0.429 e. The fourth-order valence-corrected chi connectivity index (χ4v) is 2.46. The molecule has 0 aliphatic carbocycles. The van der Waals surface area contributed by atoms with Crippen molar-refractivity contribution in [2.24, 2.45) is 5.73 Å². The second-order valence-corrected chi connectivity index (χ2v) is 6.28. The lowest BCUT2D eigenvalue weighted by Gasteiger charge is -2.12. The summed E-state index contributed by atoms with van der Waals surface area (Å²) in [4.78, 5) is 4.38. The van der Waals surface area contributed by atoms with Crippen LogP contribution in [-0.2, 0) is 12.0 Å². The lowest BCUT2D eigenvalue weighted by Crippen LogP contribution is -2.13. The highest BCUT2D eigenvalue weighted by Gasteiger charge is 2.20. The van der Waals surface area contributed by atoms with Crippen LogP contribution in [0.15, 0.2) is 18.2 Å². The van der Waals surface area contributed by atoms with Gasteiger partial charge >= 0.3 is 0 Å². The van der Waals surface area contributed by atoms with Crippen LogP contribution in [0.1, 0.15) is 32.2 Å². The third-order valence-corrected chi connectivity index (χ3v) is 3.50. The zero-order valence-corrected chi connectivity index (χ0v) is 12.7. The van der Waals surface area contributed by atoms with Crippen LogP contribution in [0.5, 0.6) is 10.9 Å². The molecule has 0 fully saturated rings. The van der Waals surface area contributed by atoms with E-state index in [1.54, 1.807) is 6.07 Å². The highest BCUT2D eigenvalue weighted by Crippen LogP contribution is 2.32. The Kier molecular flexibility index (Phi) is 4.08. The summed E-state index contributed by atoms with van der Waals surface area (Å²) in [5, 5.41) is 1.10. The van der Waals surface area contributed by atoms with Crippen molar-refractivity contribution in [1.82, 2.24) is 9.36 Å². The fraction of sp³-hybridized carbons (Fsp3) is 0.385.